The van der Waals surface area contributed by atoms with E-state index in [-0.39, 0.29) is 0 Å². The summed E-state index contributed by atoms with van der Waals surface area (Å²) in [7, 11) is 0. The van der Waals surface area contributed by atoms with Gasteiger partial charge in [0, 0.05) is 24.4 Å². The number of hydrogen-bond donors (Lipinski definition) is 1. The third kappa shape index (κ3) is 4.17. The van der Waals surface area contributed by atoms with E-state index in [2.05, 4.69) is 54.5 Å². The van der Waals surface area contributed by atoms with Gasteiger partial charge >= 0.3 is 0 Å². The highest BCUT2D eigenvalue weighted by atomic mass is 14.9. The zero-order valence-electron chi connectivity index (χ0n) is 12.5. The van der Waals surface area contributed by atoms with Gasteiger partial charge in [0.05, 0.1) is 0 Å². The molecule has 1 unspecified atom stereocenters. The second kappa shape index (κ2) is 7.81. The molecule has 1 atom stereocenters. The minimum absolute atomic E-state index is 0.471. The van der Waals surface area contributed by atoms with Crippen LogP contribution in [0.1, 0.15) is 49.6 Å². The predicted molar refractivity (Wildman–Crippen MR) is 84.8 cm³/mol. The van der Waals surface area contributed by atoms with Gasteiger partial charge in [0.25, 0.3) is 0 Å². The molecule has 0 saturated heterocycles. The van der Waals surface area contributed by atoms with E-state index < -0.39 is 0 Å². The minimum atomic E-state index is 0.471. The summed E-state index contributed by atoms with van der Waals surface area (Å²) in [6.07, 6.45) is 5.06. The molecule has 0 bridgehead atoms. The van der Waals surface area contributed by atoms with Crippen LogP contribution in [-0.2, 0) is 6.42 Å². The van der Waals surface area contributed by atoms with Crippen LogP contribution in [-0.4, -0.2) is 11.5 Å². The van der Waals surface area contributed by atoms with Crippen molar-refractivity contribution in [2.75, 3.05) is 6.54 Å². The molecule has 0 radical (unpaired) electrons. The Hall–Kier alpha value is -1.67. The molecule has 0 saturated carbocycles. The van der Waals surface area contributed by atoms with Crippen molar-refractivity contribution in [1.82, 2.24) is 10.3 Å². The molecule has 106 valence electrons. The van der Waals surface area contributed by atoms with Gasteiger partial charge in [-0.25, -0.2) is 0 Å². The van der Waals surface area contributed by atoms with E-state index in [1.165, 1.54) is 17.5 Å². The minimum Gasteiger partial charge on any atom is -0.310 e. The van der Waals surface area contributed by atoms with Gasteiger partial charge in [-0.2, -0.15) is 0 Å². The Labute approximate surface area is 122 Å². The van der Waals surface area contributed by atoms with Gasteiger partial charge in [0.1, 0.15) is 0 Å². The van der Waals surface area contributed by atoms with Gasteiger partial charge in [-0.05, 0) is 42.6 Å². The van der Waals surface area contributed by atoms with Gasteiger partial charge in [0.15, 0.2) is 0 Å². The molecular formula is C18H24N2. The van der Waals surface area contributed by atoms with Crippen molar-refractivity contribution in [2.24, 2.45) is 0 Å². The van der Waals surface area contributed by atoms with Crippen molar-refractivity contribution in [3.05, 3.63) is 65.5 Å². The molecule has 0 fully saturated rings. The maximum absolute atomic E-state index is 4.38. The summed E-state index contributed by atoms with van der Waals surface area (Å²) in [6.45, 7) is 5.51. The average Bonchev–Trinajstić information content (AvgIpc) is 2.50. The lowest BCUT2D eigenvalue weighted by Gasteiger charge is -2.17. The molecule has 2 aromatic rings. The van der Waals surface area contributed by atoms with Crippen molar-refractivity contribution in [1.29, 1.82) is 0 Å². The SMILES string of the molecule is CCCNC(CC)c1ccc(Cc2ccccn2)cc1. The molecule has 2 rings (SSSR count). The Morgan fingerprint density at radius 1 is 1.05 bits per heavy atom. The third-order valence-electron chi connectivity index (χ3n) is 3.54. The fourth-order valence-electron chi connectivity index (χ4n) is 2.40. The lowest BCUT2D eigenvalue weighted by molar-refractivity contribution is 0.518. The van der Waals surface area contributed by atoms with Crippen LogP contribution < -0.4 is 5.32 Å². The zero-order chi connectivity index (χ0) is 14.2. The van der Waals surface area contributed by atoms with Crippen LogP contribution in [0, 0.1) is 0 Å². The Bertz CT molecular complexity index is 491. The number of nitrogens with one attached hydrogen (secondary N) is 1. The largest absolute Gasteiger partial charge is 0.310 e. The van der Waals surface area contributed by atoms with Crippen molar-refractivity contribution in [2.45, 2.75) is 39.2 Å². The van der Waals surface area contributed by atoms with Gasteiger partial charge in [-0.15, -0.1) is 0 Å². The number of benzene rings is 1. The molecule has 0 spiro atoms. The fourth-order valence-corrected chi connectivity index (χ4v) is 2.40. The summed E-state index contributed by atoms with van der Waals surface area (Å²) in [5.74, 6) is 0. The molecule has 2 heteroatoms. The highest BCUT2D eigenvalue weighted by Gasteiger charge is 2.07. The molecule has 0 aliphatic rings. The predicted octanol–water partition coefficient (Wildman–Crippen LogP) is 4.12. The van der Waals surface area contributed by atoms with Crippen molar-refractivity contribution >= 4 is 0 Å². The molecule has 20 heavy (non-hydrogen) atoms. The lowest BCUT2D eigenvalue weighted by atomic mass is 10.0. The summed E-state index contributed by atoms with van der Waals surface area (Å²) >= 11 is 0. The molecule has 0 amide bonds. The standard InChI is InChI=1S/C18H24N2/c1-3-12-20-18(4-2)16-10-8-15(9-11-16)14-17-7-5-6-13-19-17/h5-11,13,18,20H,3-4,12,14H2,1-2H3. The molecule has 0 aliphatic carbocycles. The Morgan fingerprint density at radius 2 is 1.85 bits per heavy atom. The monoisotopic (exact) mass is 268 g/mol. The van der Waals surface area contributed by atoms with E-state index >= 15 is 0 Å². The van der Waals surface area contributed by atoms with Crippen LogP contribution in [0.25, 0.3) is 0 Å². The van der Waals surface area contributed by atoms with Crippen molar-refractivity contribution in [3.8, 4) is 0 Å². The van der Waals surface area contributed by atoms with Crippen LogP contribution in [0.4, 0.5) is 0 Å². The quantitative estimate of drug-likeness (QED) is 0.817. The van der Waals surface area contributed by atoms with E-state index in [9.17, 15) is 0 Å². The molecule has 2 nitrogen and oxygen atoms in total. The van der Waals surface area contributed by atoms with E-state index in [1.54, 1.807) is 0 Å². The maximum Gasteiger partial charge on any atom is 0.0447 e. The summed E-state index contributed by atoms with van der Waals surface area (Å²) < 4.78 is 0. The van der Waals surface area contributed by atoms with Crippen LogP contribution in [0.15, 0.2) is 48.7 Å². The molecule has 1 aromatic carbocycles. The third-order valence-corrected chi connectivity index (χ3v) is 3.54. The van der Waals surface area contributed by atoms with E-state index in [0.717, 1.165) is 25.1 Å². The number of nitrogens with zero attached hydrogens (tertiary/aromatic N) is 1. The first-order valence-corrected chi connectivity index (χ1v) is 7.55. The normalized spacial score (nSPS) is 12.3. The van der Waals surface area contributed by atoms with Gasteiger partial charge in [-0.3, -0.25) is 4.98 Å². The van der Waals surface area contributed by atoms with E-state index in [0.29, 0.717) is 6.04 Å². The Kier molecular flexibility index (Phi) is 5.75. The molecule has 0 aliphatic heterocycles. The Balaban J connectivity index is 2.02. The highest BCUT2D eigenvalue weighted by Crippen LogP contribution is 2.18. The molecule has 1 N–H and O–H groups in total. The van der Waals surface area contributed by atoms with Gasteiger partial charge in [0.2, 0.25) is 0 Å². The molecular weight excluding hydrogens is 244 g/mol. The van der Waals surface area contributed by atoms with Crippen LogP contribution in [0.5, 0.6) is 0 Å². The number of pyridine rings is 1. The topological polar surface area (TPSA) is 24.9 Å². The number of hydrogen-bond acceptors (Lipinski definition) is 2. The fraction of sp³-hybridized carbons (Fsp3) is 0.389. The van der Waals surface area contributed by atoms with E-state index in [4.69, 9.17) is 0 Å². The molecule has 1 aromatic heterocycles. The van der Waals surface area contributed by atoms with Crippen LogP contribution in [0.2, 0.25) is 0 Å². The van der Waals surface area contributed by atoms with Crippen molar-refractivity contribution < 1.29 is 0 Å². The average molecular weight is 268 g/mol. The van der Waals surface area contributed by atoms with Crippen molar-refractivity contribution in [3.63, 3.8) is 0 Å². The zero-order valence-corrected chi connectivity index (χ0v) is 12.5. The first-order valence-electron chi connectivity index (χ1n) is 7.55. The number of rotatable bonds is 7. The Morgan fingerprint density at radius 3 is 2.45 bits per heavy atom. The summed E-state index contributed by atoms with van der Waals surface area (Å²) in [5, 5.41) is 3.59. The van der Waals surface area contributed by atoms with Gasteiger partial charge in [-0.1, -0.05) is 44.2 Å². The van der Waals surface area contributed by atoms with Gasteiger partial charge < -0.3 is 5.32 Å². The highest BCUT2D eigenvalue weighted by molar-refractivity contribution is 5.28. The summed E-state index contributed by atoms with van der Waals surface area (Å²) in [5.41, 5.74) is 3.82. The summed E-state index contributed by atoms with van der Waals surface area (Å²) in [4.78, 5) is 4.38. The first kappa shape index (κ1) is 14.7. The van der Waals surface area contributed by atoms with E-state index in [1.807, 2.05) is 18.3 Å². The molecule has 1 heterocycles. The van der Waals surface area contributed by atoms with Crippen LogP contribution >= 0.6 is 0 Å². The maximum atomic E-state index is 4.38. The lowest BCUT2D eigenvalue weighted by Crippen LogP contribution is -2.21. The second-order valence-electron chi connectivity index (χ2n) is 5.15. The first-order chi connectivity index (χ1) is 9.83. The summed E-state index contributed by atoms with van der Waals surface area (Å²) in [6, 6.07) is 15.5. The second-order valence-corrected chi connectivity index (χ2v) is 5.15. The number of aromatic nitrogens is 1. The van der Waals surface area contributed by atoms with Crippen LogP contribution in [0.3, 0.4) is 0 Å². The smallest absolute Gasteiger partial charge is 0.0447 e.